The maximum absolute atomic E-state index is 12.1. The minimum Gasteiger partial charge on any atom is -0.346 e. The molecule has 0 fully saturated rings. The van der Waals surface area contributed by atoms with Crippen LogP contribution in [0, 0.1) is 10.1 Å². The van der Waals surface area contributed by atoms with Gasteiger partial charge in [-0.25, -0.2) is 0 Å². The van der Waals surface area contributed by atoms with Crippen LogP contribution < -0.4 is 5.32 Å². The van der Waals surface area contributed by atoms with E-state index in [9.17, 15) is 14.9 Å². The van der Waals surface area contributed by atoms with Crippen LogP contribution in [0.4, 0.5) is 5.69 Å². The summed E-state index contributed by atoms with van der Waals surface area (Å²) in [5.41, 5.74) is 1.05. The molecule has 0 aliphatic heterocycles. The van der Waals surface area contributed by atoms with Crippen LogP contribution in [-0.4, -0.2) is 10.8 Å². The fraction of sp³-hybridized carbons (Fsp3) is 0.133. The second-order valence-electron chi connectivity index (χ2n) is 4.55. The summed E-state index contributed by atoms with van der Waals surface area (Å²) in [6, 6.07) is 12.5. The highest BCUT2D eigenvalue weighted by molar-refractivity contribution is 6.30. The van der Waals surface area contributed by atoms with Gasteiger partial charge in [0.05, 0.1) is 11.0 Å². The number of halogens is 1. The third kappa shape index (κ3) is 3.79. The first-order valence-electron chi connectivity index (χ1n) is 6.28. The van der Waals surface area contributed by atoms with Crippen LogP contribution in [0.25, 0.3) is 0 Å². The number of nitrogens with one attached hydrogen (secondary N) is 1. The van der Waals surface area contributed by atoms with Crippen LogP contribution in [-0.2, 0) is 0 Å². The highest BCUT2D eigenvalue weighted by atomic mass is 35.5. The number of amides is 1. The minimum atomic E-state index is -0.528. The Morgan fingerprint density at radius 2 is 1.90 bits per heavy atom. The Labute approximate surface area is 126 Å². The lowest BCUT2D eigenvalue weighted by molar-refractivity contribution is -0.384. The van der Waals surface area contributed by atoms with Crippen molar-refractivity contribution in [1.82, 2.24) is 5.32 Å². The fourth-order valence-electron chi connectivity index (χ4n) is 1.88. The highest BCUT2D eigenvalue weighted by Crippen LogP contribution is 2.18. The standard InChI is InChI=1S/C15H13ClN2O3/c1-10(11-5-7-13(16)8-6-11)17-15(19)12-3-2-4-14(9-12)18(20)21/h2-10H,1H3,(H,17,19)/t10-/m0/s1. The summed E-state index contributed by atoms with van der Waals surface area (Å²) in [6.07, 6.45) is 0. The molecule has 0 spiro atoms. The van der Waals surface area contributed by atoms with Gasteiger partial charge in [-0.15, -0.1) is 0 Å². The van der Waals surface area contributed by atoms with Gasteiger partial charge in [0, 0.05) is 22.7 Å². The van der Waals surface area contributed by atoms with Crippen LogP contribution in [0.2, 0.25) is 5.02 Å². The quantitative estimate of drug-likeness (QED) is 0.691. The number of carbonyl (C=O) groups is 1. The average molecular weight is 305 g/mol. The molecule has 0 bridgehead atoms. The van der Waals surface area contributed by atoms with Gasteiger partial charge in [0.15, 0.2) is 0 Å². The molecule has 1 atom stereocenters. The minimum absolute atomic E-state index is 0.109. The van der Waals surface area contributed by atoms with Crippen molar-refractivity contribution in [2.75, 3.05) is 0 Å². The second kappa shape index (κ2) is 6.37. The lowest BCUT2D eigenvalue weighted by Gasteiger charge is -2.14. The van der Waals surface area contributed by atoms with Gasteiger partial charge in [-0.1, -0.05) is 29.8 Å². The van der Waals surface area contributed by atoms with Crippen LogP contribution in [0.3, 0.4) is 0 Å². The molecule has 108 valence electrons. The Balaban J connectivity index is 2.12. The van der Waals surface area contributed by atoms with Gasteiger partial charge in [-0.2, -0.15) is 0 Å². The maximum Gasteiger partial charge on any atom is 0.270 e. The SMILES string of the molecule is C[C@H](NC(=O)c1cccc([N+](=O)[O-])c1)c1ccc(Cl)cc1. The summed E-state index contributed by atoms with van der Waals surface area (Å²) in [5.74, 6) is -0.360. The van der Waals surface area contributed by atoms with Crippen molar-refractivity contribution in [1.29, 1.82) is 0 Å². The summed E-state index contributed by atoms with van der Waals surface area (Å²) in [5, 5.41) is 14.1. The van der Waals surface area contributed by atoms with Gasteiger partial charge in [-0.05, 0) is 30.7 Å². The molecule has 0 saturated heterocycles. The number of carbonyl (C=O) groups excluding carboxylic acids is 1. The number of nitro groups is 1. The van der Waals surface area contributed by atoms with Gasteiger partial charge in [0.1, 0.15) is 0 Å². The molecule has 0 aromatic heterocycles. The molecule has 0 saturated carbocycles. The van der Waals surface area contributed by atoms with Crippen molar-refractivity contribution in [3.05, 3.63) is 74.8 Å². The molecule has 6 heteroatoms. The molecule has 0 unspecified atom stereocenters. The van der Waals surface area contributed by atoms with E-state index in [1.807, 2.05) is 19.1 Å². The molecule has 0 aliphatic rings. The molecular formula is C15H13ClN2O3. The van der Waals surface area contributed by atoms with E-state index in [1.54, 1.807) is 12.1 Å². The summed E-state index contributed by atoms with van der Waals surface area (Å²) < 4.78 is 0. The Hall–Kier alpha value is -2.40. The molecule has 0 radical (unpaired) electrons. The zero-order valence-corrected chi connectivity index (χ0v) is 12.0. The molecule has 2 aromatic rings. The molecule has 0 aliphatic carbocycles. The predicted octanol–water partition coefficient (Wildman–Crippen LogP) is 3.74. The second-order valence-corrected chi connectivity index (χ2v) is 4.99. The van der Waals surface area contributed by atoms with Gasteiger partial charge < -0.3 is 5.32 Å². The molecule has 5 nitrogen and oxygen atoms in total. The number of rotatable bonds is 4. The zero-order valence-electron chi connectivity index (χ0n) is 11.2. The molecule has 1 amide bonds. The van der Waals surface area contributed by atoms with E-state index in [1.165, 1.54) is 24.3 Å². The molecule has 2 rings (SSSR count). The topological polar surface area (TPSA) is 72.2 Å². The number of hydrogen-bond donors (Lipinski definition) is 1. The largest absolute Gasteiger partial charge is 0.346 e. The van der Waals surface area contributed by atoms with E-state index < -0.39 is 4.92 Å². The normalized spacial score (nSPS) is 11.7. The van der Waals surface area contributed by atoms with Crippen molar-refractivity contribution in [3.8, 4) is 0 Å². The number of nitro benzene ring substituents is 1. The van der Waals surface area contributed by atoms with Crippen LogP contribution in [0.5, 0.6) is 0 Å². The van der Waals surface area contributed by atoms with E-state index >= 15 is 0 Å². The van der Waals surface area contributed by atoms with Gasteiger partial charge in [-0.3, -0.25) is 14.9 Å². The smallest absolute Gasteiger partial charge is 0.270 e. The highest BCUT2D eigenvalue weighted by Gasteiger charge is 2.14. The lowest BCUT2D eigenvalue weighted by Crippen LogP contribution is -2.26. The summed E-state index contributed by atoms with van der Waals surface area (Å²) in [7, 11) is 0. The van der Waals surface area contributed by atoms with E-state index in [0.717, 1.165) is 5.56 Å². The van der Waals surface area contributed by atoms with Crippen molar-refractivity contribution < 1.29 is 9.72 Å². The summed E-state index contributed by atoms with van der Waals surface area (Å²) in [4.78, 5) is 22.3. The van der Waals surface area contributed by atoms with E-state index in [4.69, 9.17) is 11.6 Å². The van der Waals surface area contributed by atoms with Crippen LogP contribution in [0.1, 0.15) is 28.9 Å². The molecular weight excluding hydrogens is 292 g/mol. The number of non-ortho nitro benzene ring substituents is 1. The van der Waals surface area contributed by atoms with Crippen molar-refractivity contribution in [2.24, 2.45) is 0 Å². The van der Waals surface area contributed by atoms with E-state index in [-0.39, 0.29) is 23.2 Å². The summed E-state index contributed by atoms with van der Waals surface area (Å²) >= 11 is 5.81. The van der Waals surface area contributed by atoms with Crippen molar-refractivity contribution in [2.45, 2.75) is 13.0 Å². The number of benzene rings is 2. The van der Waals surface area contributed by atoms with Crippen molar-refractivity contribution in [3.63, 3.8) is 0 Å². The Morgan fingerprint density at radius 3 is 2.52 bits per heavy atom. The van der Waals surface area contributed by atoms with Crippen LogP contribution >= 0.6 is 11.6 Å². The average Bonchev–Trinajstić information content (AvgIpc) is 2.48. The maximum atomic E-state index is 12.1. The Bertz CT molecular complexity index is 671. The molecule has 2 aromatic carbocycles. The van der Waals surface area contributed by atoms with Gasteiger partial charge in [0.2, 0.25) is 0 Å². The zero-order chi connectivity index (χ0) is 15.4. The lowest BCUT2D eigenvalue weighted by atomic mass is 10.1. The third-order valence-electron chi connectivity index (χ3n) is 3.04. The molecule has 1 N–H and O–H groups in total. The first kappa shape index (κ1) is 15.0. The number of hydrogen-bond acceptors (Lipinski definition) is 3. The monoisotopic (exact) mass is 304 g/mol. The Kier molecular flexibility index (Phi) is 4.55. The predicted molar refractivity (Wildman–Crippen MR) is 80.4 cm³/mol. The summed E-state index contributed by atoms with van der Waals surface area (Å²) in [6.45, 7) is 1.83. The van der Waals surface area contributed by atoms with Gasteiger partial charge in [0.25, 0.3) is 11.6 Å². The third-order valence-corrected chi connectivity index (χ3v) is 3.29. The van der Waals surface area contributed by atoms with Crippen LogP contribution in [0.15, 0.2) is 48.5 Å². The molecule has 0 heterocycles. The Morgan fingerprint density at radius 1 is 1.24 bits per heavy atom. The van der Waals surface area contributed by atoms with E-state index in [2.05, 4.69) is 5.32 Å². The first-order chi connectivity index (χ1) is 9.97. The first-order valence-corrected chi connectivity index (χ1v) is 6.66. The van der Waals surface area contributed by atoms with Gasteiger partial charge >= 0.3 is 0 Å². The van der Waals surface area contributed by atoms with E-state index in [0.29, 0.717) is 5.02 Å². The fourth-order valence-corrected chi connectivity index (χ4v) is 2.00. The number of nitrogens with zero attached hydrogens (tertiary/aromatic N) is 1. The van der Waals surface area contributed by atoms with Crippen molar-refractivity contribution >= 4 is 23.2 Å². The molecule has 21 heavy (non-hydrogen) atoms.